The molecule has 0 spiro atoms. The molecule has 0 radical (unpaired) electrons. The van der Waals surface area contributed by atoms with Gasteiger partial charge in [0.15, 0.2) is 0 Å². The number of benzene rings is 1. The minimum Gasteiger partial charge on any atom is -0.459 e. The van der Waals surface area contributed by atoms with Crippen LogP contribution in [-0.4, -0.2) is 12.1 Å². The molecule has 0 amide bonds. The van der Waals surface area contributed by atoms with Crippen molar-refractivity contribution in [3.8, 4) is 6.07 Å². The number of allylic oxidation sites excluding steroid dienone is 2. The second kappa shape index (κ2) is 9.15. The lowest BCUT2D eigenvalue weighted by atomic mass is 9.87. The van der Waals surface area contributed by atoms with Crippen LogP contribution in [0.15, 0.2) is 36.4 Å². The van der Waals surface area contributed by atoms with E-state index in [0.29, 0.717) is 11.5 Å². The van der Waals surface area contributed by atoms with Gasteiger partial charge in [-0.25, -0.2) is 4.79 Å². The first-order chi connectivity index (χ1) is 11.2. The quantitative estimate of drug-likeness (QED) is 0.559. The third-order valence-electron chi connectivity index (χ3n) is 4.44. The minimum atomic E-state index is -0.219. The van der Waals surface area contributed by atoms with Crippen LogP contribution in [0.3, 0.4) is 0 Å². The molecule has 0 bridgehead atoms. The number of nitrogens with zero attached hydrogens (tertiary/aromatic N) is 1. The van der Waals surface area contributed by atoms with Crippen molar-refractivity contribution in [1.82, 2.24) is 0 Å². The zero-order chi connectivity index (χ0) is 16.5. The third-order valence-corrected chi connectivity index (χ3v) is 4.44. The summed E-state index contributed by atoms with van der Waals surface area (Å²) < 4.78 is 5.62. The highest BCUT2D eigenvalue weighted by Crippen LogP contribution is 2.27. The summed E-state index contributed by atoms with van der Waals surface area (Å²) in [5.41, 5.74) is 1.91. The van der Waals surface area contributed by atoms with Gasteiger partial charge in [-0.1, -0.05) is 31.6 Å². The molecule has 0 N–H and O–H groups in total. The van der Waals surface area contributed by atoms with Gasteiger partial charge in [0, 0.05) is 6.08 Å². The second-order valence-corrected chi connectivity index (χ2v) is 6.23. The molecule has 0 aliphatic heterocycles. The summed E-state index contributed by atoms with van der Waals surface area (Å²) in [5, 5.41) is 8.55. The molecule has 1 aliphatic carbocycles. The Morgan fingerprint density at radius 2 is 1.96 bits per heavy atom. The molecular formula is C20H25NO2. The number of hydrogen-bond donors (Lipinski definition) is 0. The molecule has 1 aromatic carbocycles. The highest BCUT2D eigenvalue weighted by molar-refractivity contribution is 5.89. The van der Waals surface area contributed by atoms with Crippen molar-refractivity contribution in [2.75, 3.05) is 0 Å². The predicted octanol–water partition coefficient (Wildman–Crippen LogP) is 4.82. The van der Waals surface area contributed by atoms with Crippen molar-refractivity contribution >= 4 is 5.97 Å². The molecule has 0 saturated heterocycles. The number of aryl methyl sites for hydroxylation is 1. The average molecular weight is 311 g/mol. The number of unbranched alkanes of at least 4 members (excludes halogenated alkanes) is 1. The predicted molar refractivity (Wildman–Crippen MR) is 91.0 cm³/mol. The Balaban J connectivity index is 1.81. The van der Waals surface area contributed by atoms with Gasteiger partial charge in [0.1, 0.15) is 6.10 Å². The summed E-state index contributed by atoms with van der Waals surface area (Å²) in [4.78, 5) is 12.2. The summed E-state index contributed by atoms with van der Waals surface area (Å²) in [6.07, 6.45) is 10.6. The minimum absolute atomic E-state index is 0.00834. The molecule has 1 fully saturated rings. The Kier molecular flexibility index (Phi) is 6.87. The SMILES string of the molecule is CCCCc1ccc(C(=O)O[C@H]2CC[C@H](/C=C/C#N)CC2)cc1. The molecule has 0 unspecified atom stereocenters. The van der Waals surface area contributed by atoms with Crippen LogP contribution in [0, 0.1) is 17.2 Å². The second-order valence-electron chi connectivity index (χ2n) is 6.23. The first kappa shape index (κ1) is 17.3. The van der Waals surface area contributed by atoms with Gasteiger partial charge in [-0.3, -0.25) is 0 Å². The lowest BCUT2D eigenvalue weighted by Crippen LogP contribution is -2.24. The van der Waals surface area contributed by atoms with E-state index in [-0.39, 0.29) is 12.1 Å². The normalized spacial score (nSPS) is 21.0. The molecule has 1 aromatic rings. The number of hydrogen-bond acceptors (Lipinski definition) is 3. The van der Waals surface area contributed by atoms with E-state index in [4.69, 9.17) is 10.00 Å². The maximum Gasteiger partial charge on any atom is 0.338 e. The van der Waals surface area contributed by atoms with Gasteiger partial charge in [-0.15, -0.1) is 0 Å². The molecule has 3 heteroatoms. The molecule has 23 heavy (non-hydrogen) atoms. The Bertz CT molecular complexity index is 560. The van der Waals surface area contributed by atoms with Crippen LogP contribution in [0.4, 0.5) is 0 Å². The molecule has 1 saturated carbocycles. The smallest absolute Gasteiger partial charge is 0.338 e. The molecule has 0 aromatic heterocycles. The monoisotopic (exact) mass is 311 g/mol. The van der Waals surface area contributed by atoms with E-state index in [1.54, 1.807) is 6.08 Å². The highest BCUT2D eigenvalue weighted by atomic mass is 16.5. The van der Waals surface area contributed by atoms with E-state index >= 15 is 0 Å². The van der Waals surface area contributed by atoms with E-state index in [2.05, 4.69) is 6.92 Å². The zero-order valence-electron chi connectivity index (χ0n) is 13.8. The Hall–Kier alpha value is -2.08. The lowest BCUT2D eigenvalue weighted by molar-refractivity contribution is 0.0185. The molecule has 3 nitrogen and oxygen atoms in total. The van der Waals surface area contributed by atoms with E-state index in [9.17, 15) is 4.79 Å². The Morgan fingerprint density at radius 1 is 1.26 bits per heavy atom. The largest absolute Gasteiger partial charge is 0.459 e. The molecule has 1 aliphatic rings. The van der Waals surface area contributed by atoms with Gasteiger partial charge < -0.3 is 4.74 Å². The molecular weight excluding hydrogens is 286 g/mol. The summed E-state index contributed by atoms with van der Waals surface area (Å²) >= 11 is 0. The fourth-order valence-corrected chi connectivity index (χ4v) is 2.99. The van der Waals surface area contributed by atoms with E-state index in [1.807, 2.05) is 36.4 Å². The number of nitriles is 1. The molecule has 122 valence electrons. The molecule has 0 heterocycles. The van der Waals surface area contributed by atoms with Crippen molar-refractivity contribution in [1.29, 1.82) is 5.26 Å². The van der Waals surface area contributed by atoms with Gasteiger partial charge in [0.2, 0.25) is 0 Å². The fourth-order valence-electron chi connectivity index (χ4n) is 2.99. The van der Waals surface area contributed by atoms with E-state index in [1.165, 1.54) is 18.4 Å². The van der Waals surface area contributed by atoms with Crippen molar-refractivity contribution in [2.24, 2.45) is 5.92 Å². The first-order valence-corrected chi connectivity index (χ1v) is 8.59. The van der Waals surface area contributed by atoms with Crippen LogP contribution in [0.5, 0.6) is 0 Å². The van der Waals surface area contributed by atoms with Crippen LogP contribution in [0.1, 0.15) is 61.4 Å². The van der Waals surface area contributed by atoms with E-state index < -0.39 is 0 Å². The van der Waals surface area contributed by atoms with Crippen molar-refractivity contribution < 1.29 is 9.53 Å². The summed E-state index contributed by atoms with van der Waals surface area (Å²) in [6, 6.07) is 9.82. The van der Waals surface area contributed by atoms with Crippen molar-refractivity contribution in [3.05, 3.63) is 47.5 Å². The summed E-state index contributed by atoms with van der Waals surface area (Å²) in [7, 11) is 0. The number of carbonyl (C=O) groups is 1. The molecule has 0 atom stereocenters. The summed E-state index contributed by atoms with van der Waals surface area (Å²) in [5.74, 6) is 0.227. The van der Waals surface area contributed by atoms with Crippen molar-refractivity contribution in [2.45, 2.75) is 58.0 Å². The number of esters is 1. The first-order valence-electron chi connectivity index (χ1n) is 8.59. The van der Waals surface area contributed by atoms with E-state index in [0.717, 1.165) is 32.1 Å². The van der Waals surface area contributed by atoms with Crippen molar-refractivity contribution in [3.63, 3.8) is 0 Å². The maximum atomic E-state index is 12.2. The molecule has 2 rings (SSSR count). The zero-order valence-corrected chi connectivity index (χ0v) is 13.8. The number of ether oxygens (including phenoxy) is 1. The van der Waals surface area contributed by atoms with Crippen LogP contribution in [0.2, 0.25) is 0 Å². The van der Waals surface area contributed by atoms with Gasteiger partial charge in [-0.05, 0) is 62.1 Å². The Labute approximate surface area is 139 Å². The van der Waals surface area contributed by atoms with Gasteiger partial charge in [-0.2, -0.15) is 5.26 Å². The highest BCUT2D eigenvalue weighted by Gasteiger charge is 2.23. The van der Waals surface area contributed by atoms with Crippen LogP contribution < -0.4 is 0 Å². The summed E-state index contributed by atoms with van der Waals surface area (Å²) in [6.45, 7) is 2.18. The fraction of sp³-hybridized carbons (Fsp3) is 0.500. The van der Waals surface area contributed by atoms with Crippen LogP contribution in [0.25, 0.3) is 0 Å². The number of carbonyl (C=O) groups excluding carboxylic acids is 1. The van der Waals surface area contributed by atoms with Gasteiger partial charge >= 0.3 is 5.97 Å². The average Bonchev–Trinajstić information content (AvgIpc) is 2.59. The third kappa shape index (κ3) is 5.56. The Morgan fingerprint density at radius 3 is 2.57 bits per heavy atom. The number of rotatable bonds is 6. The standard InChI is InChI=1S/C20H25NO2/c1-2-3-5-16-7-11-18(12-8-16)20(22)23-19-13-9-17(10-14-19)6-4-15-21/h4,6-8,11-12,17,19H,2-3,5,9-10,13-14H2,1H3/b6-4+/t17-,19-. The maximum absolute atomic E-state index is 12.2. The van der Waals surface area contributed by atoms with Gasteiger partial charge in [0.05, 0.1) is 11.6 Å². The lowest BCUT2D eigenvalue weighted by Gasteiger charge is -2.26. The van der Waals surface area contributed by atoms with Crippen LogP contribution >= 0.6 is 0 Å². The van der Waals surface area contributed by atoms with Gasteiger partial charge in [0.25, 0.3) is 0 Å². The van der Waals surface area contributed by atoms with Crippen LogP contribution in [-0.2, 0) is 11.2 Å². The topological polar surface area (TPSA) is 50.1 Å².